The van der Waals surface area contributed by atoms with Gasteiger partial charge >= 0.3 is 0 Å². The van der Waals surface area contributed by atoms with E-state index in [1.54, 1.807) is 0 Å². The molecule has 0 fully saturated rings. The van der Waals surface area contributed by atoms with Crippen LogP contribution in [-0.4, -0.2) is 19.9 Å². The van der Waals surface area contributed by atoms with Crippen molar-refractivity contribution in [3.63, 3.8) is 0 Å². The first-order valence-corrected chi connectivity index (χ1v) is 17.6. The number of hydrogen-bond donors (Lipinski definition) is 0. The SMILES string of the molecule is Cc1cc(C)nc(-c2ccc(-c3cc(-c4nc(-c5ccccc5)cc(-c5ccccc5)n4)cc(-c4cc5ccccc5c5ccccc45)c3)cc2)n1. The number of hydrogen-bond acceptors (Lipinski definition) is 4. The number of rotatable bonds is 6. The van der Waals surface area contributed by atoms with Crippen molar-refractivity contribution < 1.29 is 0 Å². The molecule has 4 heteroatoms. The summed E-state index contributed by atoms with van der Waals surface area (Å²) in [4.78, 5) is 19.9. The monoisotopic (exact) mass is 666 g/mol. The maximum Gasteiger partial charge on any atom is 0.160 e. The molecule has 9 rings (SSSR count). The highest BCUT2D eigenvalue weighted by Gasteiger charge is 2.16. The van der Waals surface area contributed by atoms with Crippen molar-refractivity contribution in [2.24, 2.45) is 0 Å². The quantitative estimate of drug-likeness (QED) is 0.166. The highest BCUT2D eigenvalue weighted by molar-refractivity contribution is 6.14. The van der Waals surface area contributed by atoms with Crippen molar-refractivity contribution in [3.8, 4) is 67.5 Å². The molecule has 0 saturated heterocycles. The Hall–Kier alpha value is -6.78. The average Bonchev–Trinajstić information content (AvgIpc) is 3.20. The summed E-state index contributed by atoms with van der Waals surface area (Å²) in [5, 5.41) is 4.88. The normalized spacial score (nSPS) is 11.3. The molecule has 0 spiro atoms. The largest absolute Gasteiger partial charge is 0.233 e. The molecule has 0 bridgehead atoms. The number of aryl methyl sites for hydroxylation is 2. The highest BCUT2D eigenvalue weighted by Crippen LogP contribution is 2.39. The fourth-order valence-electron chi connectivity index (χ4n) is 7.13. The number of fused-ring (bicyclic) bond motifs is 3. The first kappa shape index (κ1) is 31.2. The van der Waals surface area contributed by atoms with E-state index in [1.807, 2.05) is 32.0 Å². The molecule has 2 aromatic heterocycles. The predicted molar refractivity (Wildman–Crippen MR) is 215 cm³/mol. The molecular formula is C48H34N4. The van der Waals surface area contributed by atoms with Crippen molar-refractivity contribution in [3.05, 3.63) is 181 Å². The first-order chi connectivity index (χ1) is 25.6. The summed E-state index contributed by atoms with van der Waals surface area (Å²) < 4.78 is 0. The zero-order chi connectivity index (χ0) is 35.0. The Balaban J connectivity index is 1.28. The van der Waals surface area contributed by atoms with Gasteiger partial charge in [-0.15, -0.1) is 0 Å². The molecule has 9 aromatic rings. The minimum atomic E-state index is 0.675. The van der Waals surface area contributed by atoms with E-state index >= 15 is 0 Å². The lowest BCUT2D eigenvalue weighted by Gasteiger charge is -2.15. The third-order valence-corrected chi connectivity index (χ3v) is 9.59. The second-order valence-corrected chi connectivity index (χ2v) is 13.2. The molecule has 7 aromatic carbocycles. The van der Waals surface area contributed by atoms with Crippen LogP contribution in [0.3, 0.4) is 0 Å². The summed E-state index contributed by atoms with van der Waals surface area (Å²) in [6, 6.07) is 59.7. The third-order valence-electron chi connectivity index (χ3n) is 9.59. The van der Waals surface area contributed by atoms with Crippen LogP contribution >= 0.6 is 0 Å². The lowest BCUT2D eigenvalue weighted by atomic mass is 9.90. The van der Waals surface area contributed by atoms with E-state index in [0.717, 1.165) is 67.5 Å². The average molecular weight is 667 g/mol. The number of benzene rings is 7. The molecule has 0 saturated carbocycles. The van der Waals surface area contributed by atoms with Gasteiger partial charge in [0.25, 0.3) is 0 Å². The van der Waals surface area contributed by atoms with Gasteiger partial charge < -0.3 is 0 Å². The Kier molecular flexibility index (Phi) is 7.90. The van der Waals surface area contributed by atoms with Crippen molar-refractivity contribution >= 4 is 21.5 Å². The topological polar surface area (TPSA) is 51.6 Å². The zero-order valence-electron chi connectivity index (χ0n) is 29.0. The van der Waals surface area contributed by atoms with Gasteiger partial charge in [0.1, 0.15) is 0 Å². The van der Waals surface area contributed by atoms with E-state index in [0.29, 0.717) is 5.82 Å². The number of nitrogens with zero attached hydrogens (tertiary/aromatic N) is 4. The van der Waals surface area contributed by atoms with Gasteiger partial charge in [-0.25, -0.2) is 19.9 Å². The molecule has 2 heterocycles. The molecule has 0 amide bonds. The highest BCUT2D eigenvalue weighted by atomic mass is 14.9. The van der Waals surface area contributed by atoms with Crippen molar-refractivity contribution in [2.75, 3.05) is 0 Å². The maximum absolute atomic E-state index is 5.22. The lowest BCUT2D eigenvalue weighted by molar-refractivity contribution is 1.06. The van der Waals surface area contributed by atoms with Crippen LogP contribution in [0.25, 0.3) is 89.1 Å². The Labute approximate surface area is 303 Å². The fraction of sp³-hybridized carbons (Fsp3) is 0.0417. The lowest BCUT2D eigenvalue weighted by Crippen LogP contribution is -1.97. The van der Waals surface area contributed by atoms with Gasteiger partial charge in [-0.05, 0) is 94.0 Å². The molecule has 0 aliphatic rings. The van der Waals surface area contributed by atoms with Crippen LogP contribution in [0.15, 0.2) is 170 Å². The third kappa shape index (κ3) is 6.01. The summed E-state index contributed by atoms with van der Waals surface area (Å²) in [7, 11) is 0. The predicted octanol–water partition coefficient (Wildman–Crippen LogP) is 12.2. The van der Waals surface area contributed by atoms with Crippen LogP contribution < -0.4 is 0 Å². The Morgan fingerprint density at radius 2 is 0.808 bits per heavy atom. The van der Waals surface area contributed by atoms with E-state index in [4.69, 9.17) is 19.9 Å². The molecule has 0 N–H and O–H groups in total. The van der Waals surface area contributed by atoms with Crippen LogP contribution in [0.5, 0.6) is 0 Å². The molecule has 0 unspecified atom stereocenters. The van der Waals surface area contributed by atoms with Gasteiger partial charge in [0, 0.05) is 33.6 Å². The minimum absolute atomic E-state index is 0.675. The zero-order valence-corrected chi connectivity index (χ0v) is 29.0. The van der Waals surface area contributed by atoms with Crippen molar-refractivity contribution in [2.45, 2.75) is 13.8 Å². The molecule has 246 valence electrons. The van der Waals surface area contributed by atoms with Crippen LogP contribution in [0.2, 0.25) is 0 Å². The van der Waals surface area contributed by atoms with Gasteiger partial charge in [-0.1, -0.05) is 133 Å². The van der Waals surface area contributed by atoms with Crippen LogP contribution in [0.4, 0.5) is 0 Å². The van der Waals surface area contributed by atoms with Crippen molar-refractivity contribution in [1.29, 1.82) is 0 Å². The Bertz CT molecular complexity index is 2660. The molecule has 0 aliphatic carbocycles. The summed E-state index contributed by atoms with van der Waals surface area (Å²) in [6.45, 7) is 4.02. The van der Waals surface area contributed by atoms with E-state index in [2.05, 4.69) is 152 Å². The van der Waals surface area contributed by atoms with Crippen LogP contribution in [0, 0.1) is 13.8 Å². The second-order valence-electron chi connectivity index (χ2n) is 13.2. The summed E-state index contributed by atoms with van der Waals surface area (Å²) in [5.41, 5.74) is 12.1. The van der Waals surface area contributed by atoms with Gasteiger partial charge in [-0.2, -0.15) is 0 Å². The van der Waals surface area contributed by atoms with Crippen LogP contribution in [0.1, 0.15) is 11.4 Å². The van der Waals surface area contributed by atoms with E-state index < -0.39 is 0 Å². The Morgan fingerprint density at radius 3 is 1.46 bits per heavy atom. The molecule has 4 nitrogen and oxygen atoms in total. The van der Waals surface area contributed by atoms with Gasteiger partial charge in [0.05, 0.1) is 11.4 Å². The minimum Gasteiger partial charge on any atom is -0.233 e. The van der Waals surface area contributed by atoms with Gasteiger partial charge in [0.15, 0.2) is 11.6 Å². The summed E-state index contributed by atoms with van der Waals surface area (Å²) >= 11 is 0. The van der Waals surface area contributed by atoms with Gasteiger partial charge in [0.2, 0.25) is 0 Å². The molecule has 0 radical (unpaired) electrons. The molecule has 52 heavy (non-hydrogen) atoms. The van der Waals surface area contributed by atoms with Crippen LogP contribution in [-0.2, 0) is 0 Å². The first-order valence-electron chi connectivity index (χ1n) is 17.6. The smallest absolute Gasteiger partial charge is 0.160 e. The van der Waals surface area contributed by atoms with E-state index in [9.17, 15) is 0 Å². The van der Waals surface area contributed by atoms with Crippen molar-refractivity contribution in [1.82, 2.24) is 19.9 Å². The molecule has 0 aliphatic heterocycles. The molecular weight excluding hydrogens is 633 g/mol. The van der Waals surface area contributed by atoms with Gasteiger partial charge in [-0.3, -0.25) is 0 Å². The van der Waals surface area contributed by atoms with E-state index in [-0.39, 0.29) is 0 Å². The summed E-state index contributed by atoms with van der Waals surface area (Å²) in [6.07, 6.45) is 0. The molecule has 0 atom stereocenters. The fourth-order valence-corrected chi connectivity index (χ4v) is 7.13. The Morgan fingerprint density at radius 1 is 0.308 bits per heavy atom. The maximum atomic E-state index is 5.22. The standard InChI is InChI=1S/C48H34N4/c1-31-25-32(2)50-47(49-31)36-23-21-33(22-24-36)38-26-39(44-29-37-17-9-10-18-41(37)42-19-11-12-20-43(42)44)28-40(27-38)48-51-45(34-13-5-3-6-14-34)30-46(52-48)35-15-7-4-8-16-35/h3-30H,1-2H3. The number of aromatic nitrogens is 4. The summed E-state index contributed by atoms with van der Waals surface area (Å²) in [5.74, 6) is 1.41. The second kappa shape index (κ2) is 13.2. The van der Waals surface area contributed by atoms with E-state index in [1.165, 1.54) is 27.1 Å².